The monoisotopic (exact) mass is 211 g/mol. The molecular formula is C12H21NO2. The van der Waals surface area contributed by atoms with Crippen LogP contribution in [0.5, 0.6) is 0 Å². The zero-order valence-corrected chi connectivity index (χ0v) is 10.3. The summed E-state index contributed by atoms with van der Waals surface area (Å²) in [7, 11) is 1.69. The first-order valence-corrected chi connectivity index (χ1v) is 5.24. The van der Waals surface area contributed by atoms with Crippen LogP contribution in [0, 0.1) is 6.92 Å². The highest BCUT2D eigenvalue weighted by Crippen LogP contribution is 2.16. The number of methoxy groups -OCH3 is 1. The molecule has 0 unspecified atom stereocenters. The molecule has 0 aromatic carbocycles. The molecule has 0 saturated heterocycles. The highest BCUT2D eigenvalue weighted by atomic mass is 16.5. The fourth-order valence-corrected chi connectivity index (χ4v) is 1.33. The van der Waals surface area contributed by atoms with Gasteiger partial charge >= 0.3 is 0 Å². The molecule has 15 heavy (non-hydrogen) atoms. The maximum Gasteiger partial charge on any atom is 0.118 e. The van der Waals surface area contributed by atoms with E-state index in [0.717, 1.165) is 23.6 Å². The van der Waals surface area contributed by atoms with Crippen LogP contribution < -0.4 is 5.32 Å². The Bertz CT molecular complexity index is 310. The molecule has 3 nitrogen and oxygen atoms in total. The Labute approximate surface area is 91.8 Å². The molecule has 0 atom stereocenters. The van der Waals surface area contributed by atoms with E-state index < -0.39 is 0 Å². The Morgan fingerprint density at radius 1 is 1.40 bits per heavy atom. The van der Waals surface area contributed by atoms with Crippen molar-refractivity contribution >= 4 is 0 Å². The summed E-state index contributed by atoms with van der Waals surface area (Å²) in [5.74, 6) is 1.91. The van der Waals surface area contributed by atoms with Crippen molar-refractivity contribution in [2.24, 2.45) is 0 Å². The Balaban J connectivity index is 2.59. The van der Waals surface area contributed by atoms with E-state index in [9.17, 15) is 0 Å². The quantitative estimate of drug-likeness (QED) is 0.831. The zero-order chi connectivity index (χ0) is 11.5. The molecule has 0 radical (unpaired) electrons. The highest BCUT2D eigenvalue weighted by molar-refractivity contribution is 5.20. The number of rotatable bonds is 4. The van der Waals surface area contributed by atoms with Gasteiger partial charge in [-0.05, 0) is 33.8 Å². The van der Waals surface area contributed by atoms with Gasteiger partial charge in [0.15, 0.2) is 0 Å². The van der Waals surface area contributed by atoms with Gasteiger partial charge in [0.2, 0.25) is 0 Å². The van der Waals surface area contributed by atoms with Crippen LogP contribution >= 0.6 is 0 Å². The molecule has 1 heterocycles. The molecule has 0 aliphatic heterocycles. The van der Waals surface area contributed by atoms with Crippen molar-refractivity contribution in [2.45, 2.75) is 46.4 Å². The molecule has 1 aromatic rings. The first-order valence-electron chi connectivity index (χ1n) is 5.24. The summed E-state index contributed by atoms with van der Waals surface area (Å²) in [6.07, 6.45) is 0. The summed E-state index contributed by atoms with van der Waals surface area (Å²) in [6.45, 7) is 9.75. The van der Waals surface area contributed by atoms with Crippen molar-refractivity contribution in [3.8, 4) is 0 Å². The van der Waals surface area contributed by atoms with E-state index in [1.54, 1.807) is 7.11 Å². The van der Waals surface area contributed by atoms with Crippen molar-refractivity contribution < 1.29 is 9.15 Å². The molecule has 0 saturated carbocycles. The summed E-state index contributed by atoms with van der Waals surface area (Å²) in [6, 6.07) is 2.05. The molecule has 1 N–H and O–H groups in total. The van der Waals surface area contributed by atoms with Crippen molar-refractivity contribution in [3.63, 3.8) is 0 Å². The Kier molecular flexibility index (Phi) is 3.94. The van der Waals surface area contributed by atoms with Crippen LogP contribution in [-0.4, -0.2) is 12.6 Å². The van der Waals surface area contributed by atoms with Crippen molar-refractivity contribution in [1.82, 2.24) is 5.32 Å². The summed E-state index contributed by atoms with van der Waals surface area (Å²) in [4.78, 5) is 0. The molecule has 0 fully saturated rings. The molecule has 0 aliphatic carbocycles. The minimum absolute atomic E-state index is 0.113. The van der Waals surface area contributed by atoms with Gasteiger partial charge in [0.25, 0.3) is 0 Å². The standard InChI is InChI=1S/C12H21NO2/c1-9-10(8-14-5)6-11(15-9)7-13-12(2,3)4/h6,13H,7-8H2,1-5H3. The van der Waals surface area contributed by atoms with Crippen LogP contribution in [-0.2, 0) is 17.9 Å². The van der Waals surface area contributed by atoms with Gasteiger partial charge in [-0.2, -0.15) is 0 Å². The average molecular weight is 211 g/mol. The molecule has 1 rings (SSSR count). The van der Waals surface area contributed by atoms with Crippen molar-refractivity contribution in [3.05, 3.63) is 23.2 Å². The lowest BCUT2D eigenvalue weighted by molar-refractivity contribution is 0.183. The SMILES string of the molecule is COCc1cc(CNC(C)(C)C)oc1C. The van der Waals surface area contributed by atoms with Gasteiger partial charge in [-0.25, -0.2) is 0 Å². The van der Waals surface area contributed by atoms with E-state index in [4.69, 9.17) is 9.15 Å². The van der Waals surface area contributed by atoms with Crippen LogP contribution in [0.1, 0.15) is 37.9 Å². The smallest absolute Gasteiger partial charge is 0.118 e. The van der Waals surface area contributed by atoms with Gasteiger partial charge in [0.1, 0.15) is 11.5 Å². The number of hydrogen-bond acceptors (Lipinski definition) is 3. The van der Waals surface area contributed by atoms with Gasteiger partial charge in [0.05, 0.1) is 13.2 Å². The minimum atomic E-state index is 0.113. The second-order valence-electron chi connectivity index (χ2n) is 4.83. The number of ether oxygens (including phenoxy) is 1. The van der Waals surface area contributed by atoms with E-state index in [1.807, 2.05) is 6.92 Å². The van der Waals surface area contributed by atoms with Crippen LogP contribution in [0.3, 0.4) is 0 Å². The zero-order valence-electron chi connectivity index (χ0n) is 10.3. The second kappa shape index (κ2) is 4.81. The fraction of sp³-hybridized carbons (Fsp3) is 0.667. The first kappa shape index (κ1) is 12.3. The third-order valence-electron chi connectivity index (χ3n) is 2.16. The van der Waals surface area contributed by atoms with Gasteiger partial charge in [-0.15, -0.1) is 0 Å². The Morgan fingerprint density at radius 3 is 2.60 bits per heavy atom. The molecule has 0 spiro atoms. The number of furan rings is 1. The van der Waals surface area contributed by atoms with E-state index in [0.29, 0.717) is 6.61 Å². The predicted molar refractivity (Wildman–Crippen MR) is 60.8 cm³/mol. The summed E-state index contributed by atoms with van der Waals surface area (Å²) >= 11 is 0. The maximum atomic E-state index is 5.62. The molecule has 3 heteroatoms. The summed E-state index contributed by atoms with van der Waals surface area (Å²) in [5, 5.41) is 3.39. The number of aryl methyl sites for hydroxylation is 1. The maximum absolute atomic E-state index is 5.62. The van der Waals surface area contributed by atoms with E-state index in [2.05, 4.69) is 32.2 Å². The first-order chi connectivity index (χ1) is 6.92. The van der Waals surface area contributed by atoms with Gasteiger partial charge in [0, 0.05) is 18.2 Å². The van der Waals surface area contributed by atoms with Crippen molar-refractivity contribution in [1.29, 1.82) is 0 Å². The fourth-order valence-electron chi connectivity index (χ4n) is 1.33. The highest BCUT2D eigenvalue weighted by Gasteiger charge is 2.11. The molecule has 0 aliphatic rings. The van der Waals surface area contributed by atoms with Crippen LogP contribution in [0.25, 0.3) is 0 Å². The molecular weight excluding hydrogens is 190 g/mol. The second-order valence-corrected chi connectivity index (χ2v) is 4.83. The molecule has 86 valence electrons. The lowest BCUT2D eigenvalue weighted by atomic mass is 10.1. The summed E-state index contributed by atoms with van der Waals surface area (Å²) < 4.78 is 10.7. The van der Waals surface area contributed by atoms with Gasteiger partial charge in [-0.3, -0.25) is 0 Å². The molecule has 0 bridgehead atoms. The molecule has 0 amide bonds. The lowest BCUT2D eigenvalue weighted by Crippen LogP contribution is -2.34. The lowest BCUT2D eigenvalue weighted by Gasteiger charge is -2.19. The third-order valence-corrected chi connectivity index (χ3v) is 2.16. The van der Waals surface area contributed by atoms with E-state index >= 15 is 0 Å². The summed E-state index contributed by atoms with van der Waals surface area (Å²) in [5.41, 5.74) is 1.24. The third kappa shape index (κ3) is 4.06. The predicted octanol–water partition coefficient (Wildman–Crippen LogP) is 2.62. The van der Waals surface area contributed by atoms with Crippen LogP contribution in [0.2, 0.25) is 0 Å². The Hall–Kier alpha value is -0.800. The normalized spacial score (nSPS) is 12.1. The topological polar surface area (TPSA) is 34.4 Å². The number of hydrogen-bond donors (Lipinski definition) is 1. The minimum Gasteiger partial charge on any atom is -0.465 e. The molecule has 1 aromatic heterocycles. The van der Waals surface area contributed by atoms with Crippen molar-refractivity contribution in [2.75, 3.05) is 7.11 Å². The average Bonchev–Trinajstić information content (AvgIpc) is 2.44. The van der Waals surface area contributed by atoms with Crippen LogP contribution in [0.4, 0.5) is 0 Å². The Morgan fingerprint density at radius 2 is 2.07 bits per heavy atom. The number of nitrogens with one attached hydrogen (secondary N) is 1. The van der Waals surface area contributed by atoms with Gasteiger partial charge in [-0.1, -0.05) is 0 Å². The largest absolute Gasteiger partial charge is 0.465 e. The van der Waals surface area contributed by atoms with Crippen LogP contribution in [0.15, 0.2) is 10.5 Å². The van der Waals surface area contributed by atoms with E-state index in [-0.39, 0.29) is 5.54 Å². The van der Waals surface area contributed by atoms with Gasteiger partial charge < -0.3 is 14.5 Å². The van der Waals surface area contributed by atoms with E-state index in [1.165, 1.54) is 0 Å².